The van der Waals surface area contributed by atoms with E-state index in [0.29, 0.717) is 48.7 Å². The van der Waals surface area contributed by atoms with Crippen molar-refractivity contribution in [2.75, 3.05) is 23.8 Å². The van der Waals surface area contributed by atoms with E-state index in [9.17, 15) is 14.7 Å². The molecule has 4 aromatic heterocycles. The van der Waals surface area contributed by atoms with Gasteiger partial charge in [0.25, 0.3) is 5.91 Å². The van der Waals surface area contributed by atoms with E-state index in [2.05, 4.69) is 35.9 Å². The molecule has 0 aliphatic rings. The van der Waals surface area contributed by atoms with Gasteiger partial charge in [-0.3, -0.25) is 4.79 Å². The van der Waals surface area contributed by atoms with E-state index in [0.717, 1.165) is 16.9 Å². The van der Waals surface area contributed by atoms with Gasteiger partial charge in [-0.15, -0.1) is 0 Å². The standard InChI is InChI=1S/C23H19Cl2N5O2.C15H11ClN4O2.C8H10ClNO/c24-16-6-4-5-15(9-16)20(13-31)29-23(32)19-12-30(14-27-19)21-10-22(26-11-18(21)25)28-17-7-2-1-3-8-17;16-11-7-17-14(19-10-4-2-1-3-5-10)6-13(11)20-8-12(15(21)22)18-9-20;9-7-3-1-2-6(4-7)8(10)5-11/h1-12,14,20,31H,13H2,(H,26,28)(H,29,32);1-9H,(H,17,19)(H,21,22);1-4,8,11H,5,10H2. The SMILES string of the molecule is NC(CO)c1cccc(Cl)c1.O=C(NC(CO)c1cccc(Cl)c1)c1cn(-c2cc(Nc3ccccc3)ncc2Cl)cn1.O=C(O)c1cn(-c2cc(Nc3ccccc3)ncc2Cl)cn1. The predicted octanol–water partition coefficient (Wildman–Crippen LogP) is 9.48. The van der Waals surface area contributed by atoms with Crippen LogP contribution < -0.4 is 21.7 Å². The minimum Gasteiger partial charge on any atom is -0.476 e. The van der Waals surface area contributed by atoms with Crippen LogP contribution in [0.1, 0.15) is 44.2 Å². The van der Waals surface area contributed by atoms with Gasteiger partial charge in [-0.2, -0.15) is 0 Å². The molecule has 15 nitrogen and oxygen atoms in total. The van der Waals surface area contributed by atoms with Gasteiger partial charge in [-0.25, -0.2) is 24.7 Å². The fourth-order valence-electron chi connectivity index (χ4n) is 5.90. The number of hydrogen-bond donors (Lipinski definition) is 7. The zero-order valence-electron chi connectivity index (χ0n) is 34.0. The summed E-state index contributed by atoms with van der Waals surface area (Å²) in [6.07, 6.45) is 8.89. The number of carbonyl (C=O) groups excluding carboxylic acids is 1. The maximum atomic E-state index is 12.7. The number of aliphatic hydroxyl groups excluding tert-OH is 2. The van der Waals surface area contributed by atoms with Gasteiger partial charge in [0, 0.05) is 45.9 Å². The lowest BCUT2D eigenvalue weighted by atomic mass is 10.1. The number of carboxylic acids is 1. The third-order valence-electron chi connectivity index (χ3n) is 9.15. The molecular formula is C46H40Cl4N10O5. The molecule has 8 rings (SSSR count). The molecule has 4 heterocycles. The zero-order valence-corrected chi connectivity index (χ0v) is 37.0. The second-order valence-corrected chi connectivity index (χ2v) is 15.5. The van der Waals surface area contributed by atoms with Crippen LogP contribution in [0.3, 0.4) is 0 Å². The van der Waals surface area contributed by atoms with E-state index in [-0.39, 0.29) is 30.6 Å². The van der Waals surface area contributed by atoms with Crippen molar-refractivity contribution in [1.82, 2.24) is 34.4 Å². The highest BCUT2D eigenvalue weighted by atomic mass is 35.5. The number of aromatic carboxylic acids is 1. The summed E-state index contributed by atoms with van der Waals surface area (Å²) >= 11 is 24.2. The number of pyridine rings is 2. The summed E-state index contributed by atoms with van der Waals surface area (Å²) in [5.41, 5.74) is 10.2. The molecule has 0 saturated carbocycles. The fourth-order valence-corrected chi connectivity index (χ4v) is 6.70. The van der Waals surface area contributed by atoms with Crippen molar-refractivity contribution in [3.05, 3.63) is 201 Å². The van der Waals surface area contributed by atoms with Gasteiger partial charge in [-0.1, -0.05) is 107 Å². The number of para-hydroxylation sites is 2. The molecule has 0 aliphatic heterocycles. The molecule has 332 valence electrons. The first-order chi connectivity index (χ1) is 31.4. The van der Waals surface area contributed by atoms with E-state index in [4.69, 9.17) is 62.4 Å². The number of benzene rings is 4. The second-order valence-electron chi connectivity index (χ2n) is 13.8. The monoisotopic (exact) mass is 952 g/mol. The maximum absolute atomic E-state index is 12.7. The van der Waals surface area contributed by atoms with Gasteiger partial charge >= 0.3 is 5.97 Å². The van der Waals surface area contributed by atoms with Crippen molar-refractivity contribution in [3.8, 4) is 11.4 Å². The van der Waals surface area contributed by atoms with Gasteiger partial charge in [0.1, 0.15) is 30.0 Å². The van der Waals surface area contributed by atoms with Crippen LogP contribution in [0.4, 0.5) is 23.0 Å². The van der Waals surface area contributed by atoms with Crippen molar-refractivity contribution >= 4 is 81.3 Å². The number of rotatable bonds is 13. The average molecular weight is 955 g/mol. The number of imidazole rings is 2. The number of nitrogens with two attached hydrogens (primary N) is 1. The molecular weight excluding hydrogens is 914 g/mol. The van der Waals surface area contributed by atoms with Gasteiger partial charge in [0.15, 0.2) is 5.69 Å². The first kappa shape index (κ1) is 47.7. The fraction of sp³-hybridized carbons (Fsp3) is 0.0870. The van der Waals surface area contributed by atoms with Crippen molar-refractivity contribution in [2.45, 2.75) is 12.1 Å². The highest BCUT2D eigenvalue weighted by molar-refractivity contribution is 6.33. The van der Waals surface area contributed by atoms with Crippen molar-refractivity contribution in [3.63, 3.8) is 0 Å². The summed E-state index contributed by atoms with van der Waals surface area (Å²) in [6.45, 7) is -0.335. The van der Waals surface area contributed by atoms with E-state index < -0.39 is 17.9 Å². The number of carboxylic acid groups (broad SMARTS) is 1. The summed E-state index contributed by atoms with van der Waals surface area (Å²) in [4.78, 5) is 40.1. The summed E-state index contributed by atoms with van der Waals surface area (Å²) in [5, 5.41) is 38.5. The smallest absolute Gasteiger partial charge is 0.356 e. The van der Waals surface area contributed by atoms with Crippen LogP contribution in [0.25, 0.3) is 11.4 Å². The van der Waals surface area contributed by atoms with Crippen LogP contribution in [0, 0.1) is 0 Å². The molecule has 0 radical (unpaired) electrons. The highest BCUT2D eigenvalue weighted by Gasteiger charge is 2.18. The van der Waals surface area contributed by atoms with E-state index in [1.807, 2.05) is 72.8 Å². The van der Waals surface area contributed by atoms with Gasteiger partial charge in [0.05, 0.1) is 59.1 Å². The maximum Gasteiger partial charge on any atom is 0.356 e. The number of hydrogen-bond acceptors (Lipinski definition) is 11. The normalized spacial score (nSPS) is 11.5. The number of halogens is 4. The van der Waals surface area contributed by atoms with E-state index in [1.54, 1.807) is 63.9 Å². The molecule has 0 saturated heterocycles. The van der Waals surface area contributed by atoms with Crippen LogP contribution in [-0.2, 0) is 0 Å². The molecule has 4 aromatic carbocycles. The zero-order chi connectivity index (χ0) is 46.3. The molecule has 0 fully saturated rings. The predicted molar refractivity (Wildman–Crippen MR) is 253 cm³/mol. The lowest BCUT2D eigenvalue weighted by Gasteiger charge is -2.16. The van der Waals surface area contributed by atoms with Crippen LogP contribution in [0.15, 0.2) is 159 Å². The van der Waals surface area contributed by atoms with Gasteiger partial charge in [0.2, 0.25) is 0 Å². The van der Waals surface area contributed by atoms with Crippen molar-refractivity contribution < 1.29 is 24.9 Å². The number of amides is 1. The molecule has 0 bridgehead atoms. The molecule has 0 aliphatic carbocycles. The van der Waals surface area contributed by atoms with Crippen LogP contribution in [0.2, 0.25) is 20.1 Å². The molecule has 2 atom stereocenters. The van der Waals surface area contributed by atoms with E-state index >= 15 is 0 Å². The number of aromatic nitrogens is 6. The Morgan fingerprint density at radius 3 is 1.54 bits per heavy atom. The topological polar surface area (TPSA) is 218 Å². The Hall–Kier alpha value is -6.82. The summed E-state index contributed by atoms with van der Waals surface area (Å²) in [7, 11) is 0. The molecule has 2 unspecified atom stereocenters. The quantitative estimate of drug-likeness (QED) is 0.0575. The number of nitrogens with one attached hydrogen (secondary N) is 3. The Morgan fingerprint density at radius 2 is 1.08 bits per heavy atom. The Labute approximate surface area is 393 Å². The molecule has 65 heavy (non-hydrogen) atoms. The third kappa shape index (κ3) is 13.6. The van der Waals surface area contributed by atoms with Crippen LogP contribution in [0.5, 0.6) is 0 Å². The lowest BCUT2D eigenvalue weighted by molar-refractivity contribution is 0.0690. The number of aliphatic hydroxyl groups is 2. The summed E-state index contributed by atoms with van der Waals surface area (Å²) in [5.74, 6) is -0.338. The van der Waals surface area contributed by atoms with Crippen molar-refractivity contribution in [1.29, 1.82) is 0 Å². The average Bonchev–Trinajstić information content (AvgIpc) is 4.02. The van der Waals surface area contributed by atoms with Crippen LogP contribution in [-0.4, -0.2) is 69.5 Å². The minimum atomic E-state index is -1.09. The Kier molecular flexibility index (Phi) is 17.0. The van der Waals surface area contributed by atoms with Crippen molar-refractivity contribution in [2.24, 2.45) is 5.73 Å². The summed E-state index contributed by atoms with van der Waals surface area (Å²) in [6, 6.07) is 35.9. The van der Waals surface area contributed by atoms with Crippen LogP contribution >= 0.6 is 46.4 Å². The highest BCUT2D eigenvalue weighted by Crippen LogP contribution is 2.26. The Balaban J connectivity index is 0.000000182. The number of nitrogens with zero attached hydrogens (tertiary/aromatic N) is 6. The Morgan fingerprint density at radius 1 is 0.600 bits per heavy atom. The first-order valence-electron chi connectivity index (χ1n) is 19.5. The first-order valence-corrected chi connectivity index (χ1v) is 21.0. The number of carbonyl (C=O) groups is 2. The molecule has 8 N–H and O–H groups in total. The Bertz CT molecular complexity index is 2830. The molecule has 19 heteroatoms. The minimum absolute atomic E-state index is 0.0505. The molecule has 8 aromatic rings. The molecule has 1 amide bonds. The summed E-state index contributed by atoms with van der Waals surface area (Å²) < 4.78 is 3.19. The lowest BCUT2D eigenvalue weighted by Crippen LogP contribution is -2.31. The number of anilines is 4. The van der Waals surface area contributed by atoms with Gasteiger partial charge in [-0.05, 0) is 59.7 Å². The largest absolute Gasteiger partial charge is 0.476 e. The second kappa shape index (κ2) is 23.2. The molecule has 0 spiro atoms. The van der Waals surface area contributed by atoms with E-state index in [1.165, 1.54) is 31.2 Å². The van der Waals surface area contributed by atoms with Gasteiger partial charge < -0.3 is 46.1 Å². The third-order valence-corrected chi connectivity index (χ3v) is 10.2.